The van der Waals surface area contributed by atoms with Gasteiger partial charge in [0.25, 0.3) is 0 Å². The summed E-state index contributed by atoms with van der Waals surface area (Å²) in [5.41, 5.74) is -0.764. The van der Waals surface area contributed by atoms with Crippen LogP contribution in [0.15, 0.2) is 47.1 Å². The highest BCUT2D eigenvalue weighted by atomic mass is 19.4. The Morgan fingerprint density at radius 1 is 1.12 bits per heavy atom. The molecule has 1 heterocycles. The number of benzene rings is 1. The smallest absolute Gasteiger partial charge is 0.416 e. The molecule has 0 aliphatic carbocycles. The second kappa shape index (κ2) is 8.55. The maximum Gasteiger partial charge on any atom is 0.416 e. The van der Waals surface area contributed by atoms with Gasteiger partial charge in [-0.2, -0.15) is 13.2 Å². The van der Waals surface area contributed by atoms with Crippen molar-refractivity contribution in [2.24, 2.45) is 5.92 Å². The van der Waals surface area contributed by atoms with E-state index in [4.69, 9.17) is 4.42 Å². The van der Waals surface area contributed by atoms with Gasteiger partial charge >= 0.3 is 6.18 Å². The maximum absolute atomic E-state index is 12.7. The molecule has 0 aliphatic heterocycles. The normalized spacial score (nSPS) is 12.5. The quantitative estimate of drug-likeness (QED) is 0.777. The van der Waals surface area contributed by atoms with Crippen LogP contribution in [-0.4, -0.2) is 11.8 Å². The lowest BCUT2D eigenvalue weighted by molar-refractivity contribution is -0.137. The van der Waals surface area contributed by atoms with Gasteiger partial charge in [-0.15, -0.1) is 0 Å². The fraction of sp³-hybridized carbons (Fsp3) is 0.333. The zero-order chi connectivity index (χ0) is 19.2. The number of furan rings is 1. The molecular weight excluding hydrogens is 349 g/mol. The molecule has 0 unspecified atom stereocenters. The minimum absolute atomic E-state index is 0.0183. The van der Waals surface area contributed by atoms with Crippen LogP contribution in [0.4, 0.5) is 18.9 Å². The summed E-state index contributed by atoms with van der Waals surface area (Å²) in [6.07, 6.45) is -2.83. The van der Waals surface area contributed by atoms with Crippen molar-refractivity contribution in [1.29, 1.82) is 0 Å². The van der Waals surface area contributed by atoms with E-state index in [-0.39, 0.29) is 36.9 Å². The summed E-state index contributed by atoms with van der Waals surface area (Å²) in [5.74, 6) is -0.331. The number of rotatable bonds is 7. The van der Waals surface area contributed by atoms with Crippen LogP contribution in [0.2, 0.25) is 0 Å². The van der Waals surface area contributed by atoms with E-state index >= 15 is 0 Å². The summed E-state index contributed by atoms with van der Waals surface area (Å²) in [5, 5.41) is 5.10. The third-order valence-corrected chi connectivity index (χ3v) is 3.58. The molecule has 0 aliphatic rings. The Balaban J connectivity index is 1.79. The highest BCUT2D eigenvalue weighted by molar-refractivity contribution is 5.91. The fourth-order valence-electron chi connectivity index (χ4n) is 2.36. The Kier molecular flexibility index (Phi) is 6.43. The molecule has 8 heteroatoms. The molecule has 1 atom stereocenters. The number of carbonyl (C=O) groups excluding carboxylic acids is 2. The minimum atomic E-state index is -4.47. The highest BCUT2D eigenvalue weighted by Gasteiger charge is 2.30. The predicted octanol–water partition coefficient (Wildman–Crippen LogP) is 3.97. The lowest BCUT2D eigenvalue weighted by Gasteiger charge is -2.13. The van der Waals surface area contributed by atoms with Crippen LogP contribution in [-0.2, 0) is 22.3 Å². The predicted molar refractivity (Wildman–Crippen MR) is 89.0 cm³/mol. The van der Waals surface area contributed by atoms with Gasteiger partial charge in [-0.1, -0.05) is 13.0 Å². The van der Waals surface area contributed by atoms with E-state index < -0.39 is 17.6 Å². The lowest BCUT2D eigenvalue weighted by Crippen LogP contribution is -2.26. The number of nitrogens with one attached hydrogen (secondary N) is 2. The summed E-state index contributed by atoms with van der Waals surface area (Å²) >= 11 is 0. The zero-order valence-electron chi connectivity index (χ0n) is 14.1. The second-order valence-electron chi connectivity index (χ2n) is 6.00. The van der Waals surface area contributed by atoms with E-state index in [0.29, 0.717) is 5.76 Å². The van der Waals surface area contributed by atoms with Crippen LogP contribution in [0, 0.1) is 5.92 Å². The van der Waals surface area contributed by atoms with Crippen LogP contribution < -0.4 is 10.6 Å². The third kappa shape index (κ3) is 6.27. The first-order valence-corrected chi connectivity index (χ1v) is 8.00. The van der Waals surface area contributed by atoms with Crippen molar-refractivity contribution in [3.8, 4) is 0 Å². The summed E-state index contributed by atoms with van der Waals surface area (Å²) in [6.45, 7) is 1.98. The molecule has 0 spiro atoms. The molecule has 0 radical (unpaired) electrons. The maximum atomic E-state index is 12.7. The molecular formula is C18H19F3N2O3. The summed E-state index contributed by atoms with van der Waals surface area (Å²) in [4.78, 5) is 23.8. The van der Waals surface area contributed by atoms with Crippen molar-refractivity contribution in [2.75, 3.05) is 5.32 Å². The number of hydrogen-bond donors (Lipinski definition) is 2. The first-order valence-electron chi connectivity index (χ1n) is 8.00. The largest absolute Gasteiger partial charge is 0.467 e. The van der Waals surface area contributed by atoms with Crippen LogP contribution in [0.5, 0.6) is 0 Å². The summed E-state index contributed by atoms with van der Waals surface area (Å²) < 4.78 is 43.1. The summed E-state index contributed by atoms with van der Waals surface area (Å²) in [7, 11) is 0. The van der Waals surface area contributed by atoms with Crippen molar-refractivity contribution in [3.63, 3.8) is 0 Å². The van der Waals surface area contributed by atoms with E-state index in [1.54, 1.807) is 19.1 Å². The van der Waals surface area contributed by atoms with E-state index in [2.05, 4.69) is 10.6 Å². The number of anilines is 1. The number of amides is 2. The molecule has 2 rings (SSSR count). The average Bonchev–Trinajstić information content (AvgIpc) is 3.05. The molecule has 0 bridgehead atoms. The average molecular weight is 368 g/mol. The summed E-state index contributed by atoms with van der Waals surface area (Å²) in [6, 6.07) is 7.85. The van der Waals surface area contributed by atoms with Gasteiger partial charge in [-0.05, 0) is 36.2 Å². The van der Waals surface area contributed by atoms with Crippen molar-refractivity contribution < 1.29 is 27.2 Å². The third-order valence-electron chi connectivity index (χ3n) is 3.58. The van der Waals surface area contributed by atoms with Gasteiger partial charge in [-0.3, -0.25) is 9.59 Å². The second-order valence-corrected chi connectivity index (χ2v) is 6.00. The van der Waals surface area contributed by atoms with E-state index in [9.17, 15) is 22.8 Å². The van der Waals surface area contributed by atoms with Gasteiger partial charge in [0.1, 0.15) is 5.76 Å². The van der Waals surface area contributed by atoms with Crippen molar-refractivity contribution >= 4 is 17.5 Å². The Morgan fingerprint density at radius 2 is 1.85 bits per heavy atom. The SMILES string of the molecule is C[C@H](CC(=O)NCc1ccco1)CC(=O)Nc1cccc(C(F)(F)F)c1. The fourth-order valence-corrected chi connectivity index (χ4v) is 2.36. The Hall–Kier alpha value is -2.77. The molecule has 2 N–H and O–H groups in total. The minimum Gasteiger partial charge on any atom is -0.467 e. The number of alkyl halides is 3. The van der Waals surface area contributed by atoms with Gasteiger partial charge < -0.3 is 15.1 Å². The van der Waals surface area contributed by atoms with Crippen LogP contribution in [0.1, 0.15) is 31.1 Å². The molecule has 140 valence electrons. The molecule has 2 amide bonds. The number of halogens is 3. The van der Waals surface area contributed by atoms with Crippen LogP contribution >= 0.6 is 0 Å². The van der Waals surface area contributed by atoms with Crippen molar-refractivity contribution in [3.05, 3.63) is 54.0 Å². The Morgan fingerprint density at radius 3 is 2.50 bits per heavy atom. The molecule has 0 fully saturated rings. The number of hydrogen-bond acceptors (Lipinski definition) is 3. The van der Waals surface area contributed by atoms with E-state index in [1.165, 1.54) is 18.4 Å². The van der Waals surface area contributed by atoms with Crippen LogP contribution in [0.25, 0.3) is 0 Å². The van der Waals surface area contributed by atoms with Gasteiger partial charge in [0.2, 0.25) is 11.8 Å². The zero-order valence-corrected chi connectivity index (χ0v) is 14.1. The van der Waals surface area contributed by atoms with Crippen LogP contribution in [0.3, 0.4) is 0 Å². The Bertz CT molecular complexity index is 742. The van der Waals surface area contributed by atoms with Gasteiger partial charge in [0, 0.05) is 18.5 Å². The first-order chi connectivity index (χ1) is 12.2. The van der Waals surface area contributed by atoms with E-state index in [1.807, 2.05) is 0 Å². The molecule has 1 aromatic heterocycles. The van der Waals surface area contributed by atoms with Gasteiger partial charge in [0.15, 0.2) is 0 Å². The van der Waals surface area contributed by atoms with Gasteiger partial charge in [0.05, 0.1) is 18.4 Å². The first kappa shape index (κ1) is 19.6. The molecule has 26 heavy (non-hydrogen) atoms. The van der Waals surface area contributed by atoms with Crippen molar-refractivity contribution in [2.45, 2.75) is 32.5 Å². The van der Waals surface area contributed by atoms with Gasteiger partial charge in [-0.25, -0.2) is 0 Å². The molecule has 1 aromatic carbocycles. The molecule has 0 saturated carbocycles. The standard InChI is InChI=1S/C18H19F3N2O3/c1-12(8-16(24)22-11-15-6-3-7-26-15)9-17(25)23-14-5-2-4-13(10-14)18(19,20)21/h2-7,10,12H,8-9,11H2,1H3,(H,22,24)(H,23,25)/t12-/m1/s1. The highest BCUT2D eigenvalue weighted by Crippen LogP contribution is 2.30. The van der Waals surface area contributed by atoms with E-state index in [0.717, 1.165) is 12.1 Å². The molecule has 0 saturated heterocycles. The van der Waals surface area contributed by atoms with Crippen molar-refractivity contribution in [1.82, 2.24) is 5.32 Å². The number of carbonyl (C=O) groups is 2. The monoisotopic (exact) mass is 368 g/mol. The Labute approximate surface area is 148 Å². The molecule has 5 nitrogen and oxygen atoms in total. The topological polar surface area (TPSA) is 71.3 Å². The lowest BCUT2D eigenvalue weighted by atomic mass is 10.0. The molecule has 2 aromatic rings.